The minimum absolute atomic E-state index is 0.113. The summed E-state index contributed by atoms with van der Waals surface area (Å²) in [7, 11) is 0. The van der Waals surface area contributed by atoms with Gasteiger partial charge in [0.25, 0.3) is 0 Å². The number of carbonyl (C=O) groups is 1. The van der Waals surface area contributed by atoms with Crippen molar-refractivity contribution in [1.82, 2.24) is 4.90 Å². The zero-order chi connectivity index (χ0) is 13.4. The van der Waals surface area contributed by atoms with Gasteiger partial charge in [-0.3, -0.25) is 9.69 Å². The Bertz CT molecular complexity index is 265. The predicted octanol–water partition coefficient (Wildman–Crippen LogP) is 3.01. The summed E-state index contributed by atoms with van der Waals surface area (Å²) in [5.74, 6) is 0.705. The molecular formula is C15H27NO2. The monoisotopic (exact) mass is 253 g/mol. The van der Waals surface area contributed by atoms with E-state index in [1.54, 1.807) is 0 Å². The van der Waals surface area contributed by atoms with Crippen LogP contribution in [0.15, 0.2) is 12.7 Å². The Morgan fingerprint density at radius 2 is 2.22 bits per heavy atom. The number of nitrogens with zero attached hydrogens (tertiary/aromatic N) is 1. The summed E-state index contributed by atoms with van der Waals surface area (Å²) >= 11 is 0. The average Bonchev–Trinajstić information content (AvgIpc) is 2.38. The van der Waals surface area contributed by atoms with Crippen LogP contribution in [0.4, 0.5) is 0 Å². The van der Waals surface area contributed by atoms with E-state index in [2.05, 4.69) is 18.4 Å². The van der Waals surface area contributed by atoms with E-state index in [9.17, 15) is 4.79 Å². The lowest BCUT2D eigenvalue weighted by Crippen LogP contribution is -2.42. The van der Waals surface area contributed by atoms with Crippen molar-refractivity contribution in [2.45, 2.75) is 52.0 Å². The molecule has 0 aromatic heterocycles. The maximum absolute atomic E-state index is 11.6. The maximum atomic E-state index is 11.6. The summed E-state index contributed by atoms with van der Waals surface area (Å²) in [6.07, 6.45) is 8.16. The van der Waals surface area contributed by atoms with Gasteiger partial charge in [0.05, 0.1) is 13.2 Å². The SMILES string of the molecule is C=CCN(CC(=O)OCC)C1CCCC(CC)C1. The zero-order valence-corrected chi connectivity index (χ0v) is 11.9. The molecule has 1 fully saturated rings. The van der Waals surface area contributed by atoms with E-state index in [1.165, 1.54) is 32.1 Å². The molecule has 104 valence electrons. The van der Waals surface area contributed by atoms with Gasteiger partial charge in [-0.1, -0.05) is 32.3 Å². The third-order valence-electron chi connectivity index (χ3n) is 3.85. The fourth-order valence-electron chi connectivity index (χ4n) is 2.85. The lowest BCUT2D eigenvalue weighted by Gasteiger charge is -2.36. The van der Waals surface area contributed by atoms with Crippen LogP contribution in [0.25, 0.3) is 0 Å². The van der Waals surface area contributed by atoms with Gasteiger partial charge in [-0.25, -0.2) is 0 Å². The topological polar surface area (TPSA) is 29.5 Å². The van der Waals surface area contributed by atoms with Crippen LogP contribution in [0.2, 0.25) is 0 Å². The Morgan fingerprint density at radius 1 is 1.44 bits per heavy atom. The number of esters is 1. The fourth-order valence-corrected chi connectivity index (χ4v) is 2.85. The van der Waals surface area contributed by atoms with Crippen molar-refractivity contribution in [3.8, 4) is 0 Å². The summed E-state index contributed by atoms with van der Waals surface area (Å²) < 4.78 is 5.05. The lowest BCUT2D eigenvalue weighted by atomic mass is 9.83. The highest BCUT2D eigenvalue weighted by atomic mass is 16.5. The van der Waals surface area contributed by atoms with Crippen LogP contribution in [0.1, 0.15) is 46.0 Å². The molecule has 18 heavy (non-hydrogen) atoms. The molecule has 0 bridgehead atoms. The zero-order valence-electron chi connectivity index (χ0n) is 11.9. The first-order valence-corrected chi connectivity index (χ1v) is 7.21. The van der Waals surface area contributed by atoms with Gasteiger partial charge >= 0.3 is 5.97 Å². The molecule has 0 spiro atoms. The molecule has 0 aromatic rings. The lowest BCUT2D eigenvalue weighted by molar-refractivity contribution is -0.145. The van der Waals surface area contributed by atoms with Crippen LogP contribution in [-0.2, 0) is 9.53 Å². The van der Waals surface area contributed by atoms with E-state index in [0.717, 1.165) is 12.5 Å². The van der Waals surface area contributed by atoms with Gasteiger partial charge in [-0.15, -0.1) is 6.58 Å². The van der Waals surface area contributed by atoms with Crippen LogP contribution in [0, 0.1) is 5.92 Å². The number of hydrogen-bond donors (Lipinski definition) is 0. The van der Waals surface area contributed by atoms with Crippen molar-refractivity contribution >= 4 is 5.97 Å². The molecular weight excluding hydrogens is 226 g/mol. The normalized spacial score (nSPS) is 23.9. The molecule has 0 heterocycles. The molecule has 1 aliphatic carbocycles. The number of ether oxygens (including phenoxy) is 1. The molecule has 0 N–H and O–H groups in total. The molecule has 0 amide bonds. The summed E-state index contributed by atoms with van der Waals surface area (Å²) in [6, 6.07) is 0.520. The predicted molar refractivity (Wildman–Crippen MR) is 74.4 cm³/mol. The fraction of sp³-hybridized carbons (Fsp3) is 0.800. The number of rotatable bonds is 7. The highest BCUT2D eigenvalue weighted by Crippen LogP contribution is 2.29. The van der Waals surface area contributed by atoms with Crippen LogP contribution < -0.4 is 0 Å². The second kappa shape index (κ2) is 8.30. The van der Waals surface area contributed by atoms with E-state index in [1.807, 2.05) is 13.0 Å². The van der Waals surface area contributed by atoms with Gasteiger partial charge in [0, 0.05) is 12.6 Å². The second-order valence-electron chi connectivity index (χ2n) is 5.12. The van der Waals surface area contributed by atoms with Crippen molar-refractivity contribution in [3.05, 3.63) is 12.7 Å². The summed E-state index contributed by atoms with van der Waals surface area (Å²) in [5, 5.41) is 0. The molecule has 3 heteroatoms. The standard InChI is InChI=1S/C15H27NO2/c1-4-10-16(12-15(17)18-6-3)14-9-7-8-13(5-2)11-14/h4,13-14H,1,5-12H2,2-3H3. The Balaban J connectivity index is 2.53. The van der Waals surface area contributed by atoms with Gasteiger partial charge in [-0.05, 0) is 25.7 Å². The van der Waals surface area contributed by atoms with Crippen molar-refractivity contribution in [2.24, 2.45) is 5.92 Å². The molecule has 3 nitrogen and oxygen atoms in total. The number of hydrogen-bond acceptors (Lipinski definition) is 3. The van der Waals surface area contributed by atoms with Crippen LogP contribution >= 0.6 is 0 Å². The molecule has 1 rings (SSSR count). The average molecular weight is 253 g/mol. The first-order valence-electron chi connectivity index (χ1n) is 7.21. The van der Waals surface area contributed by atoms with E-state index in [-0.39, 0.29) is 5.97 Å². The van der Waals surface area contributed by atoms with E-state index in [4.69, 9.17) is 4.74 Å². The van der Waals surface area contributed by atoms with Crippen molar-refractivity contribution in [1.29, 1.82) is 0 Å². The van der Waals surface area contributed by atoms with E-state index < -0.39 is 0 Å². The Kier molecular flexibility index (Phi) is 7.02. The van der Waals surface area contributed by atoms with Gasteiger partial charge in [0.15, 0.2) is 0 Å². The van der Waals surface area contributed by atoms with Gasteiger partial charge in [-0.2, -0.15) is 0 Å². The first kappa shape index (κ1) is 15.2. The first-order chi connectivity index (χ1) is 8.71. The van der Waals surface area contributed by atoms with Crippen LogP contribution in [0.3, 0.4) is 0 Å². The number of carbonyl (C=O) groups excluding carboxylic acids is 1. The Labute approximate surface area is 111 Å². The maximum Gasteiger partial charge on any atom is 0.320 e. The van der Waals surface area contributed by atoms with E-state index >= 15 is 0 Å². The molecule has 2 unspecified atom stereocenters. The molecule has 1 saturated carbocycles. The van der Waals surface area contributed by atoms with Gasteiger partial charge < -0.3 is 4.74 Å². The van der Waals surface area contributed by atoms with Crippen LogP contribution in [0.5, 0.6) is 0 Å². The van der Waals surface area contributed by atoms with Crippen molar-refractivity contribution < 1.29 is 9.53 Å². The third-order valence-corrected chi connectivity index (χ3v) is 3.85. The van der Waals surface area contributed by atoms with E-state index in [0.29, 0.717) is 19.2 Å². The summed E-state index contributed by atoms with van der Waals surface area (Å²) in [6.45, 7) is 9.55. The summed E-state index contributed by atoms with van der Waals surface area (Å²) in [5.41, 5.74) is 0. The largest absolute Gasteiger partial charge is 0.465 e. The molecule has 0 radical (unpaired) electrons. The summed E-state index contributed by atoms with van der Waals surface area (Å²) in [4.78, 5) is 13.9. The second-order valence-corrected chi connectivity index (χ2v) is 5.12. The van der Waals surface area contributed by atoms with Gasteiger partial charge in [0.1, 0.15) is 0 Å². The minimum atomic E-state index is -0.113. The minimum Gasteiger partial charge on any atom is -0.465 e. The quantitative estimate of drug-likeness (QED) is 0.516. The van der Waals surface area contributed by atoms with Crippen molar-refractivity contribution in [3.63, 3.8) is 0 Å². The van der Waals surface area contributed by atoms with Crippen LogP contribution in [-0.4, -0.2) is 36.6 Å². The molecule has 2 atom stereocenters. The van der Waals surface area contributed by atoms with Gasteiger partial charge in [0.2, 0.25) is 0 Å². The highest BCUT2D eigenvalue weighted by Gasteiger charge is 2.26. The highest BCUT2D eigenvalue weighted by molar-refractivity contribution is 5.71. The smallest absolute Gasteiger partial charge is 0.320 e. The third kappa shape index (κ3) is 4.81. The molecule has 1 aliphatic rings. The Morgan fingerprint density at radius 3 is 2.83 bits per heavy atom. The molecule has 0 aliphatic heterocycles. The Hall–Kier alpha value is -0.830. The van der Waals surface area contributed by atoms with Crippen molar-refractivity contribution in [2.75, 3.05) is 19.7 Å². The molecule has 0 saturated heterocycles. The molecule has 0 aromatic carbocycles.